The molecule has 1 atom stereocenters. The van der Waals surface area contributed by atoms with E-state index < -0.39 is 0 Å². The van der Waals surface area contributed by atoms with Gasteiger partial charge in [-0.2, -0.15) is 0 Å². The summed E-state index contributed by atoms with van der Waals surface area (Å²) < 4.78 is 0.855. The van der Waals surface area contributed by atoms with Crippen molar-refractivity contribution in [2.24, 2.45) is 0 Å². The molecular formula is C13H18BrN5S. The van der Waals surface area contributed by atoms with Gasteiger partial charge >= 0.3 is 0 Å². The fourth-order valence-electron chi connectivity index (χ4n) is 1.67. The van der Waals surface area contributed by atoms with Crippen LogP contribution >= 0.6 is 27.3 Å². The van der Waals surface area contributed by atoms with E-state index in [1.165, 1.54) is 0 Å². The van der Waals surface area contributed by atoms with Crippen LogP contribution in [0.25, 0.3) is 0 Å². The van der Waals surface area contributed by atoms with Crippen LogP contribution in [0.5, 0.6) is 0 Å². The SMILES string of the molecule is CCCNc1ncnc(NC(C)c2nc(C)cs2)c1Br. The lowest BCUT2D eigenvalue weighted by molar-refractivity contribution is 0.851. The highest BCUT2D eigenvalue weighted by Gasteiger charge is 2.14. The van der Waals surface area contributed by atoms with Gasteiger partial charge in [-0.05, 0) is 36.2 Å². The molecule has 0 aliphatic heterocycles. The summed E-state index contributed by atoms with van der Waals surface area (Å²) in [4.78, 5) is 13.0. The second-order valence-electron chi connectivity index (χ2n) is 4.50. The first-order chi connectivity index (χ1) is 9.61. The number of hydrogen-bond donors (Lipinski definition) is 2. The summed E-state index contributed by atoms with van der Waals surface area (Å²) in [5.74, 6) is 1.59. The number of hydrogen-bond acceptors (Lipinski definition) is 6. The molecule has 0 saturated heterocycles. The molecule has 7 heteroatoms. The Morgan fingerprint density at radius 1 is 1.35 bits per heavy atom. The first-order valence-corrected chi connectivity index (χ1v) is 8.22. The van der Waals surface area contributed by atoms with Gasteiger partial charge < -0.3 is 10.6 Å². The smallest absolute Gasteiger partial charge is 0.146 e. The second-order valence-corrected chi connectivity index (χ2v) is 6.19. The molecule has 0 saturated carbocycles. The largest absolute Gasteiger partial charge is 0.369 e. The summed E-state index contributed by atoms with van der Waals surface area (Å²) in [6.45, 7) is 7.08. The van der Waals surface area contributed by atoms with Crippen LogP contribution in [0.2, 0.25) is 0 Å². The number of thiazole rings is 1. The van der Waals surface area contributed by atoms with Crippen molar-refractivity contribution in [1.29, 1.82) is 0 Å². The molecule has 0 spiro atoms. The molecule has 0 radical (unpaired) electrons. The molecular weight excluding hydrogens is 338 g/mol. The van der Waals surface area contributed by atoms with Gasteiger partial charge in [0.1, 0.15) is 27.4 Å². The lowest BCUT2D eigenvalue weighted by Gasteiger charge is -2.15. The Morgan fingerprint density at radius 2 is 2.10 bits per heavy atom. The Labute approximate surface area is 131 Å². The summed E-state index contributed by atoms with van der Waals surface area (Å²) in [5, 5.41) is 9.74. The Kier molecular flexibility index (Phi) is 5.31. The molecule has 108 valence electrons. The Balaban J connectivity index is 2.12. The van der Waals surface area contributed by atoms with Crippen molar-refractivity contribution in [3.05, 3.63) is 26.9 Å². The third-order valence-corrected chi connectivity index (χ3v) is 4.59. The molecule has 2 aromatic heterocycles. The third-order valence-electron chi connectivity index (χ3n) is 2.69. The number of nitrogens with zero attached hydrogens (tertiary/aromatic N) is 3. The van der Waals surface area contributed by atoms with Gasteiger partial charge in [0.2, 0.25) is 0 Å². The molecule has 2 N–H and O–H groups in total. The van der Waals surface area contributed by atoms with E-state index in [0.29, 0.717) is 0 Å². The Hall–Kier alpha value is -1.21. The second kappa shape index (κ2) is 6.99. The zero-order chi connectivity index (χ0) is 14.5. The normalized spacial score (nSPS) is 12.2. The van der Waals surface area contributed by atoms with Crippen LogP contribution in [0, 0.1) is 6.92 Å². The lowest BCUT2D eigenvalue weighted by Crippen LogP contribution is -2.10. The van der Waals surface area contributed by atoms with Crippen molar-refractivity contribution in [3.8, 4) is 0 Å². The fourth-order valence-corrected chi connectivity index (χ4v) is 2.94. The lowest BCUT2D eigenvalue weighted by atomic mass is 10.3. The van der Waals surface area contributed by atoms with Gasteiger partial charge in [0, 0.05) is 17.6 Å². The maximum absolute atomic E-state index is 4.49. The molecule has 2 rings (SSSR count). The molecule has 5 nitrogen and oxygen atoms in total. The number of nitrogens with one attached hydrogen (secondary N) is 2. The minimum Gasteiger partial charge on any atom is -0.369 e. The molecule has 0 amide bonds. The van der Waals surface area contributed by atoms with Gasteiger partial charge in [0.05, 0.1) is 6.04 Å². The first-order valence-electron chi connectivity index (χ1n) is 6.54. The molecule has 0 bridgehead atoms. The van der Waals surface area contributed by atoms with Crippen molar-refractivity contribution in [2.75, 3.05) is 17.2 Å². The number of aryl methyl sites for hydroxylation is 1. The number of halogens is 1. The summed E-state index contributed by atoms with van der Waals surface area (Å²) in [5.41, 5.74) is 1.05. The zero-order valence-electron chi connectivity index (χ0n) is 11.8. The van der Waals surface area contributed by atoms with Crippen LogP contribution in [0.3, 0.4) is 0 Å². The molecule has 0 aliphatic rings. The van der Waals surface area contributed by atoms with Crippen molar-refractivity contribution in [2.45, 2.75) is 33.2 Å². The average Bonchev–Trinajstić information content (AvgIpc) is 2.86. The molecule has 2 heterocycles. The maximum Gasteiger partial charge on any atom is 0.146 e. The Bertz CT molecular complexity index is 572. The van der Waals surface area contributed by atoms with Crippen LogP contribution in [-0.2, 0) is 0 Å². The van der Waals surface area contributed by atoms with Gasteiger partial charge in [-0.15, -0.1) is 11.3 Å². The summed E-state index contributed by atoms with van der Waals surface area (Å²) in [6.07, 6.45) is 2.61. The minimum absolute atomic E-state index is 0.110. The van der Waals surface area contributed by atoms with Gasteiger partial charge in [0.25, 0.3) is 0 Å². The standard InChI is InChI=1S/C13H18BrN5S/c1-4-5-15-11-10(14)12(17-7-16-11)19-9(3)13-18-8(2)6-20-13/h6-7,9H,4-5H2,1-3H3,(H2,15,16,17,19). The van der Waals surface area contributed by atoms with Crippen molar-refractivity contribution < 1.29 is 0 Å². The van der Waals surface area contributed by atoms with Crippen LogP contribution in [0.4, 0.5) is 11.6 Å². The highest BCUT2D eigenvalue weighted by Crippen LogP contribution is 2.30. The van der Waals surface area contributed by atoms with Crippen molar-refractivity contribution in [3.63, 3.8) is 0 Å². The van der Waals surface area contributed by atoms with E-state index in [9.17, 15) is 0 Å². The highest BCUT2D eigenvalue weighted by molar-refractivity contribution is 9.10. The average molecular weight is 356 g/mol. The zero-order valence-corrected chi connectivity index (χ0v) is 14.2. The van der Waals surface area contributed by atoms with Crippen LogP contribution in [-0.4, -0.2) is 21.5 Å². The number of aromatic nitrogens is 3. The topological polar surface area (TPSA) is 62.7 Å². The first kappa shape index (κ1) is 15.2. The number of anilines is 2. The molecule has 1 unspecified atom stereocenters. The molecule has 0 fully saturated rings. The maximum atomic E-state index is 4.49. The molecule has 0 aromatic carbocycles. The van der Waals surface area contributed by atoms with E-state index in [0.717, 1.165) is 39.8 Å². The van der Waals surface area contributed by atoms with Crippen molar-refractivity contribution >= 4 is 38.9 Å². The molecule has 20 heavy (non-hydrogen) atoms. The molecule has 0 aliphatic carbocycles. The monoisotopic (exact) mass is 355 g/mol. The van der Waals surface area contributed by atoms with Crippen LogP contribution in [0.15, 0.2) is 16.2 Å². The van der Waals surface area contributed by atoms with E-state index in [-0.39, 0.29) is 6.04 Å². The third kappa shape index (κ3) is 3.67. The predicted octanol–water partition coefficient (Wildman–Crippen LogP) is 4.00. The summed E-state index contributed by atoms with van der Waals surface area (Å²) in [6, 6.07) is 0.110. The molecule has 2 aromatic rings. The number of rotatable bonds is 6. The van der Waals surface area contributed by atoms with Gasteiger partial charge in [-0.25, -0.2) is 15.0 Å². The summed E-state index contributed by atoms with van der Waals surface area (Å²) >= 11 is 5.20. The van der Waals surface area contributed by atoms with Crippen molar-refractivity contribution in [1.82, 2.24) is 15.0 Å². The quantitative estimate of drug-likeness (QED) is 0.819. The van der Waals surface area contributed by atoms with E-state index >= 15 is 0 Å². The Morgan fingerprint density at radius 3 is 2.75 bits per heavy atom. The van der Waals surface area contributed by atoms with Gasteiger partial charge in [0.15, 0.2) is 0 Å². The van der Waals surface area contributed by atoms with Crippen LogP contribution < -0.4 is 10.6 Å². The predicted molar refractivity (Wildman–Crippen MR) is 87.4 cm³/mol. The van der Waals surface area contributed by atoms with E-state index in [1.54, 1.807) is 17.7 Å². The van der Waals surface area contributed by atoms with E-state index in [1.807, 2.05) is 6.92 Å². The van der Waals surface area contributed by atoms with Gasteiger partial charge in [-0.1, -0.05) is 6.92 Å². The summed E-state index contributed by atoms with van der Waals surface area (Å²) in [7, 11) is 0. The van der Waals surface area contributed by atoms with E-state index in [4.69, 9.17) is 0 Å². The fraction of sp³-hybridized carbons (Fsp3) is 0.462. The van der Waals surface area contributed by atoms with Crippen LogP contribution in [0.1, 0.15) is 37.0 Å². The minimum atomic E-state index is 0.110. The van der Waals surface area contributed by atoms with Gasteiger partial charge in [-0.3, -0.25) is 0 Å². The highest BCUT2D eigenvalue weighted by atomic mass is 79.9. The van der Waals surface area contributed by atoms with E-state index in [2.05, 4.69) is 60.7 Å².